The predicted molar refractivity (Wildman–Crippen MR) is 79.0 cm³/mol. The van der Waals surface area contributed by atoms with Gasteiger partial charge in [-0.05, 0) is 19.3 Å². The molecule has 0 unspecified atom stereocenters. The van der Waals surface area contributed by atoms with Crippen LogP contribution in [-0.2, 0) is 11.3 Å². The monoisotopic (exact) mass is 309 g/mol. The van der Waals surface area contributed by atoms with Crippen molar-refractivity contribution in [2.24, 2.45) is 0 Å². The third-order valence-electron chi connectivity index (χ3n) is 4.10. The zero-order chi connectivity index (χ0) is 14.9. The number of imide groups is 1. The maximum Gasteiger partial charge on any atom is 0.325 e. The number of carbonyl (C=O) groups is 2. The third-order valence-corrected chi connectivity index (χ3v) is 4.83. The average Bonchev–Trinajstić information content (AvgIpc) is 3.15. The smallest absolute Gasteiger partial charge is 0.325 e. The van der Waals surface area contributed by atoms with E-state index in [1.54, 1.807) is 0 Å². The first-order chi connectivity index (χ1) is 10.2. The minimum atomic E-state index is -0.655. The van der Waals surface area contributed by atoms with E-state index in [1.807, 2.05) is 0 Å². The summed E-state index contributed by atoms with van der Waals surface area (Å²) >= 11 is 1.26. The summed E-state index contributed by atoms with van der Waals surface area (Å²) in [5, 5.41) is 11.0. The molecule has 1 saturated carbocycles. The maximum absolute atomic E-state index is 12.6. The molecule has 1 aliphatic heterocycles. The number of nitrogens with zero attached hydrogens (tertiary/aromatic N) is 3. The lowest BCUT2D eigenvalue weighted by Crippen LogP contribution is -2.44. The molecule has 2 heterocycles. The second-order valence-electron chi connectivity index (χ2n) is 5.59. The minimum Gasteiger partial charge on any atom is -0.374 e. The summed E-state index contributed by atoms with van der Waals surface area (Å²) in [5.74, 6) is -0.112. The summed E-state index contributed by atoms with van der Waals surface area (Å²) in [7, 11) is 0. The molecule has 1 spiro atoms. The SMILES string of the molecule is CCCNc1snnc1CN1C(=O)NC2(CCCC2)C1=O. The van der Waals surface area contributed by atoms with Gasteiger partial charge in [-0.3, -0.25) is 9.69 Å². The van der Waals surface area contributed by atoms with E-state index < -0.39 is 5.54 Å². The number of nitrogens with one attached hydrogen (secondary N) is 2. The van der Waals surface area contributed by atoms with Gasteiger partial charge in [-0.15, -0.1) is 5.10 Å². The van der Waals surface area contributed by atoms with Crippen LogP contribution in [-0.4, -0.2) is 38.5 Å². The van der Waals surface area contributed by atoms with Gasteiger partial charge < -0.3 is 10.6 Å². The number of urea groups is 1. The van der Waals surface area contributed by atoms with E-state index in [-0.39, 0.29) is 18.5 Å². The summed E-state index contributed by atoms with van der Waals surface area (Å²) in [5.41, 5.74) is 0.00404. The molecule has 2 N–H and O–H groups in total. The molecule has 2 fully saturated rings. The number of rotatable bonds is 5. The molecular formula is C13H19N5O2S. The largest absolute Gasteiger partial charge is 0.374 e. The van der Waals surface area contributed by atoms with Gasteiger partial charge in [0.05, 0.1) is 6.54 Å². The molecule has 0 bridgehead atoms. The second-order valence-corrected chi connectivity index (χ2v) is 6.34. The molecule has 0 radical (unpaired) electrons. The zero-order valence-electron chi connectivity index (χ0n) is 12.0. The molecule has 8 heteroatoms. The second kappa shape index (κ2) is 5.59. The fourth-order valence-corrected chi connectivity index (χ4v) is 3.57. The van der Waals surface area contributed by atoms with Crippen molar-refractivity contribution in [2.45, 2.75) is 51.1 Å². The van der Waals surface area contributed by atoms with Crippen LogP contribution in [0.25, 0.3) is 0 Å². The Labute approximate surface area is 127 Å². The highest BCUT2D eigenvalue weighted by Crippen LogP contribution is 2.36. The van der Waals surface area contributed by atoms with E-state index in [4.69, 9.17) is 0 Å². The lowest BCUT2D eigenvalue weighted by Gasteiger charge is -2.19. The molecule has 21 heavy (non-hydrogen) atoms. The maximum atomic E-state index is 12.6. The fourth-order valence-electron chi connectivity index (χ4n) is 2.97. The first kappa shape index (κ1) is 14.2. The molecule has 1 saturated heterocycles. The van der Waals surface area contributed by atoms with Crippen molar-refractivity contribution in [3.8, 4) is 0 Å². The van der Waals surface area contributed by atoms with E-state index in [0.717, 1.165) is 43.6 Å². The van der Waals surface area contributed by atoms with Crippen LogP contribution in [0, 0.1) is 0 Å². The molecule has 1 aromatic heterocycles. The van der Waals surface area contributed by atoms with Gasteiger partial charge in [0, 0.05) is 18.1 Å². The van der Waals surface area contributed by atoms with E-state index in [0.29, 0.717) is 5.69 Å². The van der Waals surface area contributed by atoms with Gasteiger partial charge in [0.15, 0.2) is 0 Å². The van der Waals surface area contributed by atoms with Gasteiger partial charge >= 0.3 is 6.03 Å². The Hall–Kier alpha value is -1.70. The standard InChI is InChI=1S/C13H19N5O2S/c1-2-7-14-10-9(16-17-21-10)8-18-11(19)13(15-12(18)20)5-3-4-6-13/h14H,2-8H2,1H3,(H,15,20). The highest BCUT2D eigenvalue weighted by Gasteiger charge is 2.52. The lowest BCUT2D eigenvalue weighted by atomic mass is 9.98. The van der Waals surface area contributed by atoms with Crippen LogP contribution in [0.2, 0.25) is 0 Å². The predicted octanol–water partition coefficient (Wildman–Crippen LogP) is 1.72. The van der Waals surface area contributed by atoms with Gasteiger partial charge in [0.25, 0.3) is 5.91 Å². The first-order valence-electron chi connectivity index (χ1n) is 7.35. The van der Waals surface area contributed by atoms with Crippen LogP contribution < -0.4 is 10.6 Å². The molecule has 0 atom stereocenters. The molecular weight excluding hydrogens is 290 g/mol. The number of anilines is 1. The molecule has 7 nitrogen and oxygen atoms in total. The molecule has 0 aromatic carbocycles. The number of carbonyl (C=O) groups excluding carboxylic acids is 2. The summed E-state index contributed by atoms with van der Waals surface area (Å²) in [6.45, 7) is 3.08. The Morgan fingerprint density at radius 2 is 2.14 bits per heavy atom. The van der Waals surface area contributed by atoms with Gasteiger partial charge in [0.2, 0.25) is 0 Å². The zero-order valence-corrected chi connectivity index (χ0v) is 12.8. The quantitative estimate of drug-likeness (QED) is 0.809. The van der Waals surface area contributed by atoms with Crippen LogP contribution in [0.5, 0.6) is 0 Å². The number of aromatic nitrogens is 2. The van der Waals surface area contributed by atoms with Gasteiger partial charge in [-0.25, -0.2) is 4.79 Å². The summed E-state index contributed by atoms with van der Waals surface area (Å²) < 4.78 is 3.92. The molecule has 1 aromatic rings. The normalized spacial score (nSPS) is 20.3. The Morgan fingerprint density at radius 3 is 2.86 bits per heavy atom. The van der Waals surface area contributed by atoms with Gasteiger partial charge in [0.1, 0.15) is 16.2 Å². The van der Waals surface area contributed by atoms with Crippen LogP contribution in [0.1, 0.15) is 44.7 Å². The summed E-state index contributed by atoms with van der Waals surface area (Å²) in [6, 6.07) is -0.309. The molecule has 2 aliphatic rings. The van der Waals surface area contributed by atoms with Crippen molar-refractivity contribution in [1.82, 2.24) is 19.8 Å². The van der Waals surface area contributed by atoms with Crippen molar-refractivity contribution < 1.29 is 9.59 Å². The van der Waals surface area contributed by atoms with Crippen molar-refractivity contribution in [3.05, 3.63) is 5.69 Å². The van der Waals surface area contributed by atoms with E-state index in [1.165, 1.54) is 16.4 Å². The first-order valence-corrected chi connectivity index (χ1v) is 8.13. The summed E-state index contributed by atoms with van der Waals surface area (Å²) in [6.07, 6.45) is 4.45. The number of amides is 3. The number of hydrogen-bond acceptors (Lipinski definition) is 6. The van der Waals surface area contributed by atoms with Gasteiger partial charge in [-0.1, -0.05) is 24.3 Å². The lowest BCUT2D eigenvalue weighted by molar-refractivity contribution is -0.131. The fraction of sp³-hybridized carbons (Fsp3) is 0.692. The number of hydrogen-bond donors (Lipinski definition) is 2. The Balaban J connectivity index is 1.74. The van der Waals surface area contributed by atoms with E-state index in [9.17, 15) is 9.59 Å². The van der Waals surface area contributed by atoms with Crippen LogP contribution in [0.15, 0.2) is 0 Å². The Morgan fingerprint density at radius 1 is 1.38 bits per heavy atom. The van der Waals surface area contributed by atoms with Crippen LogP contribution in [0.3, 0.4) is 0 Å². The van der Waals surface area contributed by atoms with Crippen LogP contribution >= 0.6 is 11.5 Å². The molecule has 114 valence electrons. The average molecular weight is 309 g/mol. The molecule has 3 amide bonds. The van der Waals surface area contributed by atoms with Crippen molar-refractivity contribution in [2.75, 3.05) is 11.9 Å². The van der Waals surface area contributed by atoms with E-state index in [2.05, 4.69) is 27.1 Å². The highest BCUT2D eigenvalue weighted by atomic mass is 32.1. The van der Waals surface area contributed by atoms with E-state index >= 15 is 0 Å². The molecule has 3 rings (SSSR count). The summed E-state index contributed by atoms with van der Waals surface area (Å²) in [4.78, 5) is 26.0. The Bertz CT molecular complexity index is 553. The van der Waals surface area contributed by atoms with Crippen molar-refractivity contribution in [1.29, 1.82) is 0 Å². The third kappa shape index (κ3) is 2.48. The van der Waals surface area contributed by atoms with Crippen LogP contribution in [0.4, 0.5) is 9.80 Å². The van der Waals surface area contributed by atoms with Crippen molar-refractivity contribution >= 4 is 28.5 Å². The minimum absolute atomic E-state index is 0.112. The Kier molecular flexibility index (Phi) is 3.79. The highest BCUT2D eigenvalue weighted by molar-refractivity contribution is 7.10. The van der Waals surface area contributed by atoms with Gasteiger partial charge in [-0.2, -0.15) is 0 Å². The topological polar surface area (TPSA) is 87.2 Å². The van der Waals surface area contributed by atoms with Crippen molar-refractivity contribution in [3.63, 3.8) is 0 Å². The molecule has 1 aliphatic carbocycles.